The Morgan fingerprint density at radius 1 is 0.928 bits per heavy atom. The molecule has 10 rings (SSSR count). The third-order valence-electron chi connectivity index (χ3n) is 14.4. The molecule has 0 spiro atoms. The normalized spacial score (nSPS) is 17.3. The molecule has 0 saturated carbocycles. The third kappa shape index (κ3) is 9.40. The molecule has 13 heteroatoms. The van der Waals surface area contributed by atoms with Gasteiger partial charge in [0.2, 0.25) is 0 Å². The maximum Gasteiger partial charge on any atom is 0.519 e. The molecular formula is C56H57F2N7O4. The van der Waals surface area contributed by atoms with Gasteiger partial charge < -0.3 is 19.3 Å². The van der Waals surface area contributed by atoms with E-state index in [9.17, 15) is 4.79 Å². The van der Waals surface area contributed by atoms with Crippen molar-refractivity contribution in [3.63, 3.8) is 0 Å². The zero-order valence-corrected chi connectivity index (χ0v) is 39.3. The number of hydrogen-bond donors (Lipinski definition) is 1. The number of ether oxygens (including phenoxy) is 1. The number of nitrogens with zero attached hydrogens (tertiary/aromatic N) is 6. The van der Waals surface area contributed by atoms with Crippen LogP contribution < -0.4 is 16.3 Å². The predicted octanol–water partition coefficient (Wildman–Crippen LogP) is 11.2. The predicted molar refractivity (Wildman–Crippen MR) is 266 cm³/mol. The number of terminal acetylenes is 1. The van der Waals surface area contributed by atoms with Crippen LogP contribution in [0, 0.1) is 29.9 Å². The molecule has 0 bridgehead atoms. The van der Waals surface area contributed by atoms with E-state index in [0.29, 0.717) is 76.7 Å². The van der Waals surface area contributed by atoms with Gasteiger partial charge in [-0.05, 0) is 107 Å². The van der Waals surface area contributed by atoms with Crippen LogP contribution in [-0.4, -0.2) is 68.8 Å². The number of aryl methyl sites for hydroxylation is 1. The van der Waals surface area contributed by atoms with Gasteiger partial charge >= 0.3 is 11.8 Å². The standard InChI is InChI=1S/C56H57F2N7O4/c1-4-41-43(57)24-23-39-30-40(60-49(37-18-7-5-8-19-37)38-20-9-6-10-21-38)31-42(46(39)41)50-48(58)51-47(53(59)63-54(62-51)67-34-56-25-14-28-65(56)29-15-26-56)44(61-50)22-13-17-36-16-11-12-27-64(32-36)33-45-52(35(2)3)69-55(66)68-45/h1,5-10,18-21,23-24,30-31,35-36H,11-17,22,25-29,32-34H2,2-3H3,(H2,59,62,63). The highest BCUT2D eigenvalue weighted by atomic mass is 19.1. The van der Waals surface area contributed by atoms with Crippen LogP contribution in [0.1, 0.15) is 111 Å². The van der Waals surface area contributed by atoms with E-state index >= 15 is 8.78 Å². The number of hydrogen-bond acceptors (Lipinski definition) is 11. The van der Waals surface area contributed by atoms with Crippen LogP contribution in [0.2, 0.25) is 0 Å². The maximum atomic E-state index is 17.9. The first-order valence-electron chi connectivity index (χ1n) is 24.4. The number of pyridine rings is 1. The summed E-state index contributed by atoms with van der Waals surface area (Å²) in [4.78, 5) is 36.7. The molecule has 354 valence electrons. The van der Waals surface area contributed by atoms with Gasteiger partial charge in [0.15, 0.2) is 17.3 Å². The molecule has 6 heterocycles. The molecule has 1 unspecified atom stereocenters. The summed E-state index contributed by atoms with van der Waals surface area (Å²) in [6.07, 6.45) is 15.4. The van der Waals surface area contributed by atoms with Crippen molar-refractivity contribution in [2.45, 2.75) is 96.1 Å². The van der Waals surface area contributed by atoms with E-state index in [1.807, 2.05) is 80.6 Å². The van der Waals surface area contributed by atoms with Gasteiger partial charge in [-0.1, -0.05) is 92.9 Å². The van der Waals surface area contributed by atoms with E-state index in [2.05, 4.69) is 20.7 Å². The Balaban J connectivity index is 1.07. The number of halogens is 2. The SMILES string of the molecule is C#Cc1c(F)ccc2cc(N=C(c3ccccc3)c3ccccc3)cc(-c3nc(CCCC4CCCCN(Cc5oc(=O)oc5C(C)C)C4)c4c(N)nc(OCC56CCCN5CCC6)nc4c3F)c12. The Hall–Kier alpha value is -6.75. The number of benzene rings is 4. The Bertz CT molecular complexity index is 3090. The number of likely N-dealkylation sites (tertiary alicyclic amines) is 1. The molecule has 0 radical (unpaired) electrons. The summed E-state index contributed by atoms with van der Waals surface area (Å²) < 4.78 is 51.0. The second-order valence-corrected chi connectivity index (χ2v) is 19.3. The molecule has 11 nitrogen and oxygen atoms in total. The third-order valence-corrected chi connectivity index (χ3v) is 14.4. The molecule has 3 aliphatic rings. The smallest absolute Gasteiger partial charge is 0.461 e. The highest BCUT2D eigenvalue weighted by Gasteiger charge is 2.45. The lowest BCUT2D eigenvalue weighted by Crippen LogP contribution is -2.43. The molecule has 0 amide bonds. The van der Waals surface area contributed by atoms with Gasteiger partial charge in [0.1, 0.15) is 29.5 Å². The molecule has 4 aromatic carbocycles. The Kier molecular flexibility index (Phi) is 13.1. The zero-order chi connectivity index (χ0) is 47.6. The van der Waals surface area contributed by atoms with E-state index in [1.54, 1.807) is 12.1 Å². The average molecular weight is 930 g/mol. The molecule has 3 aromatic heterocycles. The van der Waals surface area contributed by atoms with Crippen LogP contribution in [0.5, 0.6) is 6.01 Å². The fourth-order valence-electron chi connectivity index (χ4n) is 11.1. The van der Waals surface area contributed by atoms with E-state index in [0.717, 1.165) is 88.7 Å². The van der Waals surface area contributed by atoms with Crippen molar-refractivity contribution in [1.82, 2.24) is 24.8 Å². The van der Waals surface area contributed by atoms with Crippen LogP contribution in [0.3, 0.4) is 0 Å². The fraction of sp³-hybridized carbons (Fsp3) is 0.375. The lowest BCUT2D eigenvalue weighted by molar-refractivity contribution is 0.108. The quantitative estimate of drug-likeness (QED) is 0.0829. The number of nitrogen functional groups attached to an aromatic ring is 1. The Morgan fingerprint density at radius 3 is 2.38 bits per heavy atom. The Labute approximate surface area is 400 Å². The van der Waals surface area contributed by atoms with E-state index < -0.39 is 17.5 Å². The van der Waals surface area contributed by atoms with Gasteiger partial charge in [-0.3, -0.25) is 9.80 Å². The molecule has 3 fully saturated rings. The van der Waals surface area contributed by atoms with Crippen molar-refractivity contribution in [2.24, 2.45) is 10.9 Å². The van der Waals surface area contributed by atoms with Crippen molar-refractivity contribution >= 4 is 38.9 Å². The van der Waals surface area contributed by atoms with E-state index in [-0.39, 0.29) is 45.6 Å². The first kappa shape index (κ1) is 46.0. The molecule has 3 saturated heterocycles. The number of nitrogens with two attached hydrogens (primary N) is 1. The molecule has 69 heavy (non-hydrogen) atoms. The lowest BCUT2D eigenvalue weighted by Gasteiger charge is -2.31. The van der Waals surface area contributed by atoms with Crippen molar-refractivity contribution in [1.29, 1.82) is 0 Å². The minimum atomic E-state index is -0.749. The van der Waals surface area contributed by atoms with Gasteiger partial charge in [-0.2, -0.15) is 9.97 Å². The first-order chi connectivity index (χ1) is 33.6. The molecule has 0 aliphatic carbocycles. The first-order valence-corrected chi connectivity index (χ1v) is 24.4. The number of anilines is 1. The van der Waals surface area contributed by atoms with E-state index in [4.69, 9.17) is 40.7 Å². The second-order valence-electron chi connectivity index (χ2n) is 19.3. The molecule has 3 aliphatic heterocycles. The molecular weight excluding hydrogens is 873 g/mol. The monoisotopic (exact) mass is 929 g/mol. The summed E-state index contributed by atoms with van der Waals surface area (Å²) in [5.74, 6) is 2.12. The highest BCUT2D eigenvalue weighted by Crippen LogP contribution is 2.42. The van der Waals surface area contributed by atoms with Crippen molar-refractivity contribution < 1.29 is 22.4 Å². The lowest BCUT2D eigenvalue weighted by atomic mass is 9.93. The fourth-order valence-corrected chi connectivity index (χ4v) is 11.1. The number of aromatic nitrogens is 3. The minimum Gasteiger partial charge on any atom is -0.461 e. The van der Waals surface area contributed by atoms with Crippen molar-refractivity contribution in [3.8, 4) is 29.6 Å². The average Bonchev–Trinajstić information content (AvgIpc) is 4.01. The summed E-state index contributed by atoms with van der Waals surface area (Å²) in [6, 6.07) is 26.2. The summed E-state index contributed by atoms with van der Waals surface area (Å²) >= 11 is 0. The number of rotatable bonds is 14. The van der Waals surface area contributed by atoms with Crippen LogP contribution in [-0.2, 0) is 13.0 Å². The topological polar surface area (TPSA) is 136 Å². The summed E-state index contributed by atoms with van der Waals surface area (Å²) in [7, 11) is 0. The molecule has 7 aromatic rings. The van der Waals surface area contributed by atoms with Gasteiger partial charge in [0, 0.05) is 34.5 Å². The zero-order valence-electron chi connectivity index (χ0n) is 39.3. The maximum absolute atomic E-state index is 17.9. The summed E-state index contributed by atoms with van der Waals surface area (Å²) in [5, 5.41) is 1.23. The number of fused-ring (bicyclic) bond motifs is 3. The largest absolute Gasteiger partial charge is 0.519 e. The summed E-state index contributed by atoms with van der Waals surface area (Å²) in [5.41, 5.74) is 10.4. The second kappa shape index (κ2) is 19.7. The van der Waals surface area contributed by atoms with Crippen molar-refractivity contribution in [2.75, 3.05) is 38.5 Å². The van der Waals surface area contributed by atoms with Gasteiger partial charge in [-0.15, -0.1) is 6.42 Å². The summed E-state index contributed by atoms with van der Waals surface area (Å²) in [6.45, 7) is 8.57. The minimum absolute atomic E-state index is 0.00307. The van der Waals surface area contributed by atoms with Crippen molar-refractivity contribution in [3.05, 3.63) is 141 Å². The van der Waals surface area contributed by atoms with Crippen LogP contribution >= 0.6 is 0 Å². The van der Waals surface area contributed by atoms with E-state index in [1.165, 1.54) is 6.07 Å². The molecule has 2 N–H and O–H groups in total. The van der Waals surface area contributed by atoms with Crippen LogP contribution in [0.25, 0.3) is 32.9 Å². The van der Waals surface area contributed by atoms with Gasteiger partial charge in [0.05, 0.1) is 40.1 Å². The number of aliphatic imine (C=N–C) groups is 1. The van der Waals surface area contributed by atoms with Crippen LogP contribution in [0.15, 0.2) is 104 Å². The van der Waals surface area contributed by atoms with Crippen LogP contribution in [0.4, 0.5) is 20.3 Å². The van der Waals surface area contributed by atoms with Gasteiger partial charge in [-0.25, -0.2) is 23.6 Å². The Morgan fingerprint density at radius 2 is 1.67 bits per heavy atom. The highest BCUT2D eigenvalue weighted by molar-refractivity contribution is 6.14. The van der Waals surface area contributed by atoms with Gasteiger partial charge in [0.25, 0.3) is 0 Å². The molecule has 1 atom stereocenters.